The van der Waals surface area contributed by atoms with Gasteiger partial charge >= 0.3 is 6.03 Å². The lowest BCUT2D eigenvalue weighted by Gasteiger charge is -2.27. The fourth-order valence-corrected chi connectivity index (χ4v) is 3.20. The SMILES string of the molecule is CC1CCCCCN1C(=O)Nc1ccc(C(=O)Nc2ccccc2)cc1. The molecule has 2 N–H and O–H groups in total. The number of nitrogens with one attached hydrogen (secondary N) is 2. The molecular formula is C21H25N3O2. The minimum atomic E-state index is -0.171. The van der Waals surface area contributed by atoms with Crippen LogP contribution in [0.1, 0.15) is 43.0 Å². The lowest BCUT2D eigenvalue weighted by Crippen LogP contribution is -2.41. The Morgan fingerprint density at radius 3 is 2.31 bits per heavy atom. The van der Waals surface area contributed by atoms with Gasteiger partial charge in [-0.05, 0) is 56.2 Å². The molecular weight excluding hydrogens is 326 g/mol. The summed E-state index contributed by atoms with van der Waals surface area (Å²) < 4.78 is 0. The molecule has 136 valence electrons. The fraction of sp³-hybridized carbons (Fsp3) is 0.333. The van der Waals surface area contributed by atoms with Gasteiger partial charge in [0, 0.05) is 29.5 Å². The number of para-hydroxylation sites is 1. The van der Waals surface area contributed by atoms with E-state index in [4.69, 9.17) is 0 Å². The van der Waals surface area contributed by atoms with Crippen molar-refractivity contribution in [3.63, 3.8) is 0 Å². The van der Waals surface area contributed by atoms with Gasteiger partial charge in [0.15, 0.2) is 0 Å². The third-order valence-electron chi connectivity index (χ3n) is 4.74. The molecule has 0 bridgehead atoms. The Morgan fingerprint density at radius 2 is 1.58 bits per heavy atom. The second kappa shape index (κ2) is 8.52. The summed E-state index contributed by atoms with van der Waals surface area (Å²) in [6.45, 7) is 2.90. The number of benzene rings is 2. The van der Waals surface area contributed by atoms with Crippen LogP contribution in [0.4, 0.5) is 16.2 Å². The van der Waals surface area contributed by atoms with Crippen LogP contribution in [0, 0.1) is 0 Å². The molecule has 1 atom stereocenters. The van der Waals surface area contributed by atoms with Crippen molar-refractivity contribution in [2.45, 2.75) is 38.6 Å². The van der Waals surface area contributed by atoms with Gasteiger partial charge in [-0.1, -0.05) is 31.0 Å². The summed E-state index contributed by atoms with van der Waals surface area (Å²) in [6, 6.07) is 16.5. The number of anilines is 2. The number of amides is 3. The van der Waals surface area contributed by atoms with Gasteiger partial charge in [-0.25, -0.2) is 4.79 Å². The van der Waals surface area contributed by atoms with Crippen LogP contribution in [-0.4, -0.2) is 29.4 Å². The molecule has 2 aromatic carbocycles. The summed E-state index contributed by atoms with van der Waals surface area (Å²) in [4.78, 5) is 26.7. The van der Waals surface area contributed by atoms with Crippen LogP contribution in [0.5, 0.6) is 0 Å². The van der Waals surface area contributed by atoms with Gasteiger partial charge < -0.3 is 15.5 Å². The van der Waals surface area contributed by atoms with E-state index in [0.717, 1.165) is 25.1 Å². The standard InChI is InChI=1S/C21H25N3O2/c1-16-8-4-3-7-15-24(16)21(26)23-19-13-11-17(12-14-19)20(25)22-18-9-5-2-6-10-18/h2,5-6,9-14,16H,3-4,7-8,15H2,1H3,(H,22,25)(H,23,26). The first kappa shape index (κ1) is 18.0. The Balaban J connectivity index is 1.60. The molecule has 5 heteroatoms. The maximum atomic E-state index is 12.5. The number of carbonyl (C=O) groups is 2. The van der Waals surface area contributed by atoms with Crippen LogP contribution >= 0.6 is 0 Å². The summed E-state index contributed by atoms with van der Waals surface area (Å²) in [5.41, 5.74) is 2.00. The average molecular weight is 351 g/mol. The molecule has 1 saturated heterocycles. The normalized spacial score (nSPS) is 17.3. The van der Waals surface area contributed by atoms with E-state index in [1.165, 1.54) is 12.8 Å². The van der Waals surface area contributed by atoms with Gasteiger partial charge in [-0.3, -0.25) is 4.79 Å². The molecule has 5 nitrogen and oxygen atoms in total. The molecule has 0 aromatic heterocycles. The number of nitrogens with zero attached hydrogens (tertiary/aromatic N) is 1. The second-order valence-corrected chi connectivity index (χ2v) is 6.72. The number of carbonyl (C=O) groups excluding carboxylic acids is 2. The van der Waals surface area contributed by atoms with Crippen LogP contribution in [-0.2, 0) is 0 Å². The van der Waals surface area contributed by atoms with Crippen molar-refractivity contribution < 1.29 is 9.59 Å². The van der Waals surface area contributed by atoms with Crippen molar-refractivity contribution >= 4 is 23.3 Å². The number of hydrogen-bond donors (Lipinski definition) is 2. The third kappa shape index (κ3) is 4.63. The largest absolute Gasteiger partial charge is 0.322 e. The van der Waals surface area contributed by atoms with E-state index in [1.807, 2.05) is 35.2 Å². The maximum Gasteiger partial charge on any atom is 0.322 e. The summed E-state index contributed by atoms with van der Waals surface area (Å²) in [5, 5.41) is 5.79. The Hall–Kier alpha value is -2.82. The Labute approximate surface area is 154 Å². The zero-order valence-corrected chi connectivity index (χ0v) is 15.1. The second-order valence-electron chi connectivity index (χ2n) is 6.72. The van der Waals surface area contributed by atoms with Crippen LogP contribution in [0.15, 0.2) is 54.6 Å². The first-order valence-corrected chi connectivity index (χ1v) is 9.17. The molecule has 0 spiro atoms. The van der Waals surface area contributed by atoms with E-state index in [2.05, 4.69) is 17.6 Å². The monoisotopic (exact) mass is 351 g/mol. The zero-order chi connectivity index (χ0) is 18.4. The van der Waals surface area contributed by atoms with Crippen molar-refractivity contribution in [1.29, 1.82) is 0 Å². The van der Waals surface area contributed by atoms with Crippen molar-refractivity contribution in [2.24, 2.45) is 0 Å². The molecule has 1 aliphatic rings. The van der Waals surface area contributed by atoms with E-state index in [-0.39, 0.29) is 18.0 Å². The van der Waals surface area contributed by atoms with Gasteiger partial charge in [0.25, 0.3) is 5.91 Å². The summed E-state index contributed by atoms with van der Waals surface area (Å²) >= 11 is 0. The molecule has 0 saturated carbocycles. The van der Waals surface area contributed by atoms with Crippen molar-refractivity contribution in [1.82, 2.24) is 4.90 Å². The molecule has 0 aliphatic carbocycles. The first-order valence-electron chi connectivity index (χ1n) is 9.17. The van der Waals surface area contributed by atoms with Crippen molar-refractivity contribution in [3.8, 4) is 0 Å². The number of urea groups is 1. The summed E-state index contributed by atoms with van der Waals surface area (Å²) in [7, 11) is 0. The fourth-order valence-electron chi connectivity index (χ4n) is 3.20. The maximum absolute atomic E-state index is 12.5. The lowest BCUT2D eigenvalue weighted by atomic mass is 10.1. The Morgan fingerprint density at radius 1 is 0.885 bits per heavy atom. The quantitative estimate of drug-likeness (QED) is 0.839. The molecule has 1 aliphatic heterocycles. The first-order chi connectivity index (χ1) is 12.6. The molecule has 1 unspecified atom stereocenters. The predicted molar refractivity (Wildman–Crippen MR) is 104 cm³/mol. The molecule has 3 rings (SSSR count). The molecule has 1 heterocycles. The Kier molecular flexibility index (Phi) is 5.89. The molecule has 3 amide bonds. The zero-order valence-electron chi connectivity index (χ0n) is 15.1. The van der Waals surface area contributed by atoms with E-state index in [0.29, 0.717) is 11.3 Å². The van der Waals surface area contributed by atoms with Crippen LogP contribution < -0.4 is 10.6 Å². The number of likely N-dealkylation sites (tertiary alicyclic amines) is 1. The van der Waals surface area contributed by atoms with Crippen molar-refractivity contribution in [3.05, 3.63) is 60.2 Å². The van der Waals surface area contributed by atoms with Crippen molar-refractivity contribution in [2.75, 3.05) is 17.2 Å². The number of hydrogen-bond acceptors (Lipinski definition) is 2. The minimum Gasteiger partial charge on any atom is -0.322 e. The van der Waals surface area contributed by atoms with Crippen LogP contribution in [0.3, 0.4) is 0 Å². The van der Waals surface area contributed by atoms with Gasteiger partial charge in [0.05, 0.1) is 0 Å². The van der Waals surface area contributed by atoms with E-state index in [1.54, 1.807) is 24.3 Å². The van der Waals surface area contributed by atoms with Crippen LogP contribution in [0.25, 0.3) is 0 Å². The average Bonchev–Trinajstić information content (AvgIpc) is 2.87. The number of rotatable bonds is 3. The topological polar surface area (TPSA) is 61.4 Å². The van der Waals surface area contributed by atoms with E-state index >= 15 is 0 Å². The van der Waals surface area contributed by atoms with Gasteiger partial charge in [0.2, 0.25) is 0 Å². The van der Waals surface area contributed by atoms with Gasteiger partial charge in [0.1, 0.15) is 0 Å². The predicted octanol–water partition coefficient (Wildman–Crippen LogP) is 4.74. The minimum absolute atomic E-state index is 0.0686. The molecule has 2 aromatic rings. The molecule has 26 heavy (non-hydrogen) atoms. The van der Waals surface area contributed by atoms with E-state index in [9.17, 15) is 9.59 Å². The molecule has 1 fully saturated rings. The Bertz CT molecular complexity index is 744. The van der Waals surface area contributed by atoms with Gasteiger partial charge in [-0.2, -0.15) is 0 Å². The van der Waals surface area contributed by atoms with Gasteiger partial charge in [-0.15, -0.1) is 0 Å². The summed E-state index contributed by atoms with van der Waals surface area (Å²) in [5.74, 6) is -0.171. The smallest absolute Gasteiger partial charge is 0.322 e. The summed E-state index contributed by atoms with van der Waals surface area (Å²) in [6.07, 6.45) is 4.46. The third-order valence-corrected chi connectivity index (χ3v) is 4.74. The van der Waals surface area contributed by atoms with E-state index < -0.39 is 0 Å². The molecule has 0 radical (unpaired) electrons. The highest BCUT2D eigenvalue weighted by molar-refractivity contribution is 6.04. The lowest BCUT2D eigenvalue weighted by molar-refractivity contribution is 0.102. The highest BCUT2D eigenvalue weighted by atomic mass is 16.2. The highest BCUT2D eigenvalue weighted by Crippen LogP contribution is 2.18. The highest BCUT2D eigenvalue weighted by Gasteiger charge is 2.21. The van der Waals surface area contributed by atoms with Crippen LogP contribution in [0.2, 0.25) is 0 Å².